The first-order valence-corrected chi connectivity index (χ1v) is 10.1. The quantitative estimate of drug-likeness (QED) is 0.687. The molecule has 0 radical (unpaired) electrons. The van der Waals surface area contributed by atoms with Crippen molar-refractivity contribution in [3.05, 3.63) is 35.5 Å². The van der Waals surface area contributed by atoms with Crippen molar-refractivity contribution in [2.45, 2.75) is 36.3 Å². The number of aromatic nitrogens is 4. The number of hydrogen-bond acceptors (Lipinski definition) is 6. The van der Waals surface area contributed by atoms with E-state index < -0.39 is 17.5 Å². The number of phenolic OH excluding ortho intramolecular Hbond substituents is 1. The van der Waals surface area contributed by atoms with E-state index in [0.29, 0.717) is 27.7 Å². The fraction of sp³-hybridized carbons (Fsp3) is 0.421. The molecule has 4 rings (SSSR count). The number of alkyl halides is 3. The maximum Gasteiger partial charge on any atom is 0.416 e. The molecule has 3 aromatic rings. The Morgan fingerprint density at radius 3 is 2.69 bits per heavy atom. The molecule has 1 aliphatic heterocycles. The Bertz CT molecular complexity index is 1050. The highest BCUT2D eigenvalue weighted by Gasteiger charge is 2.31. The lowest BCUT2D eigenvalue weighted by Crippen LogP contribution is -2.33. The molecule has 0 aliphatic carbocycles. The zero-order chi connectivity index (χ0) is 20.8. The zero-order valence-electron chi connectivity index (χ0n) is 15.9. The highest BCUT2D eigenvalue weighted by atomic mass is 32.2. The van der Waals surface area contributed by atoms with Gasteiger partial charge >= 0.3 is 6.18 Å². The summed E-state index contributed by atoms with van der Waals surface area (Å²) in [4.78, 5) is 2.27. The molecular formula is C19H20F3N5OS. The Morgan fingerprint density at radius 2 is 2.00 bits per heavy atom. The first-order chi connectivity index (χ1) is 13.7. The number of thioether (sulfide) groups is 1. The Kier molecular flexibility index (Phi) is 5.16. The van der Waals surface area contributed by atoms with E-state index >= 15 is 0 Å². The van der Waals surface area contributed by atoms with E-state index in [1.54, 1.807) is 22.3 Å². The van der Waals surface area contributed by atoms with Crippen molar-refractivity contribution >= 4 is 17.3 Å². The van der Waals surface area contributed by atoms with Crippen molar-refractivity contribution in [1.29, 1.82) is 0 Å². The number of halogens is 3. The van der Waals surface area contributed by atoms with Crippen molar-refractivity contribution in [2.75, 3.05) is 20.1 Å². The topological polar surface area (TPSA) is 66.6 Å². The van der Waals surface area contributed by atoms with E-state index in [1.807, 2.05) is 6.92 Å². The van der Waals surface area contributed by atoms with Gasteiger partial charge in [0.2, 0.25) is 5.16 Å². The predicted molar refractivity (Wildman–Crippen MR) is 104 cm³/mol. The van der Waals surface area contributed by atoms with E-state index in [4.69, 9.17) is 0 Å². The van der Waals surface area contributed by atoms with Gasteiger partial charge in [-0.05, 0) is 57.6 Å². The average molecular weight is 423 g/mol. The Labute approximate surface area is 169 Å². The third-order valence-electron chi connectivity index (χ3n) is 4.92. The number of piperidine rings is 1. The van der Waals surface area contributed by atoms with Crippen LogP contribution in [0.15, 0.2) is 29.4 Å². The Balaban J connectivity index is 1.74. The molecule has 3 heterocycles. The number of nitrogens with zero attached hydrogens (tertiary/aromatic N) is 5. The van der Waals surface area contributed by atoms with Gasteiger partial charge in [-0.15, -0.1) is 10.2 Å². The number of hydrogen-bond donors (Lipinski definition) is 1. The normalized spacial score (nSPS) is 18.4. The van der Waals surface area contributed by atoms with Gasteiger partial charge in [-0.25, -0.2) is 4.52 Å². The summed E-state index contributed by atoms with van der Waals surface area (Å²) >= 11 is 1.60. The predicted octanol–water partition coefficient (Wildman–Crippen LogP) is 4.01. The Hall–Kier alpha value is -2.33. The molecule has 1 aliphatic rings. The minimum absolute atomic E-state index is 0.185. The third-order valence-corrected chi connectivity index (χ3v) is 6.11. The van der Waals surface area contributed by atoms with Gasteiger partial charge in [0.15, 0.2) is 0 Å². The van der Waals surface area contributed by atoms with E-state index in [1.165, 1.54) is 6.07 Å². The number of rotatable bonds is 3. The molecule has 1 saturated heterocycles. The summed E-state index contributed by atoms with van der Waals surface area (Å²) in [7, 11) is 2.09. The van der Waals surface area contributed by atoms with Gasteiger partial charge in [-0.3, -0.25) is 0 Å². The Morgan fingerprint density at radius 1 is 1.21 bits per heavy atom. The number of aryl methyl sites for hydroxylation is 1. The van der Waals surface area contributed by atoms with Gasteiger partial charge in [0.05, 0.1) is 16.8 Å². The first kappa shape index (κ1) is 20.0. The molecule has 10 heteroatoms. The molecule has 1 aromatic carbocycles. The van der Waals surface area contributed by atoms with E-state index in [9.17, 15) is 18.3 Å². The van der Waals surface area contributed by atoms with Crippen LogP contribution in [0.4, 0.5) is 13.2 Å². The van der Waals surface area contributed by atoms with Crippen molar-refractivity contribution in [3.63, 3.8) is 0 Å². The highest BCUT2D eigenvalue weighted by molar-refractivity contribution is 7.99. The van der Waals surface area contributed by atoms with E-state index in [2.05, 4.69) is 27.2 Å². The molecule has 0 unspecified atom stereocenters. The van der Waals surface area contributed by atoms with Crippen molar-refractivity contribution in [2.24, 2.45) is 0 Å². The van der Waals surface area contributed by atoms with Crippen LogP contribution < -0.4 is 0 Å². The maximum absolute atomic E-state index is 12.9. The molecule has 0 amide bonds. The second-order valence-electron chi connectivity index (χ2n) is 7.29. The summed E-state index contributed by atoms with van der Waals surface area (Å²) in [5, 5.41) is 24.2. The van der Waals surface area contributed by atoms with Crippen LogP contribution in [0.2, 0.25) is 0 Å². The van der Waals surface area contributed by atoms with Gasteiger partial charge in [0, 0.05) is 17.4 Å². The lowest BCUT2D eigenvalue weighted by Gasteiger charge is -2.28. The second-order valence-corrected chi connectivity index (χ2v) is 8.56. The number of phenols is 1. The molecular weight excluding hydrogens is 403 g/mol. The summed E-state index contributed by atoms with van der Waals surface area (Å²) in [5.74, 6) is -0.496. The monoisotopic (exact) mass is 423 g/mol. The van der Waals surface area contributed by atoms with Crippen LogP contribution >= 0.6 is 11.8 Å². The molecule has 1 atom stereocenters. The van der Waals surface area contributed by atoms with Gasteiger partial charge in [0.1, 0.15) is 11.4 Å². The molecule has 29 heavy (non-hydrogen) atoms. The molecule has 2 aromatic heterocycles. The molecule has 6 nitrogen and oxygen atoms in total. The molecule has 0 saturated carbocycles. The molecule has 1 fully saturated rings. The second kappa shape index (κ2) is 7.49. The SMILES string of the molecule is Cc1cc2c(-c3ccc(C(F)(F)F)cc3O)nnc(S[C@@H]3CCCN(C)C3)n2n1. The summed E-state index contributed by atoms with van der Waals surface area (Å²) in [6.45, 7) is 3.84. The molecule has 154 valence electrons. The van der Waals surface area contributed by atoms with E-state index in [-0.39, 0.29) is 5.56 Å². The van der Waals surface area contributed by atoms with Crippen molar-refractivity contribution in [3.8, 4) is 17.0 Å². The standard InChI is InChI=1S/C19H20F3N5OS/c1-11-8-15-17(14-6-5-12(9-16(14)28)19(20,21)22)23-24-18(27(15)25-11)29-13-4-3-7-26(2)10-13/h5-6,8-9,13,28H,3-4,7,10H2,1-2H3/t13-/m1/s1. The maximum atomic E-state index is 12.9. The summed E-state index contributed by atoms with van der Waals surface area (Å²) in [6.07, 6.45) is -2.35. The van der Waals surface area contributed by atoms with E-state index in [0.717, 1.165) is 37.7 Å². The van der Waals surface area contributed by atoms with Crippen LogP contribution in [0.5, 0.6) is 5.75 Å². The summed E-state index contributed by atoms with van der Waals surface area (Å²) in [5.41, 5.74) is 0.890. The van der Waals surface area contributed by atoms with Gasteiger partial charge in [0.25, 0.3) is 0 Å². The lowest BCUT2D eigenvalue weighted by atomic mass is 10.1. The van der Waals surface area contributed by atoms with Crippen LogP contribution in [-0.4, -0.2) is 55.2 Å². The van der Waals surface area contributed by atoms with Gasteiger partial charge in [-0.1, -0.05) is 11.8 Å². The molecule has 0 bridgehead atoms. The third kappa shape index (κ3) is 4.04. The van der Waals surface area contributed by atoms with Crippen LogP contribution in [0.1, 0.15) is 24.1 Å². The van der Waals surface area contributed by atoms with Gasteiger partial charge < -0.3 is 10.0 Å². The lowest BCUT2D eigenvalue weighted by molar-refractivity contribution is -0.137. The first-order valence-electron chi connectivity index (χ1n) is 9.21. The van der Waals surface area contributed by atoms with Crippen molar-refractivity contribution < 1.29 is 18.3 Å². The molecule has 1 N–H and O–H groups in total. The number of benzene rings is 1. The molecule has 0 spiro atoms. The fourth-order valence-corrected chi connectivity index (χ4v) is 4.78. The van der Waals surface area contributed by atoms with Crippen LogP contribution in [0, 0.1) is 6.92 Å². The summed E-state index contributed by atoms with van der Waals surface area (Å²) < 4.78 is 40.4. The number of fused-ring (bicyclic) bond motifs is 1. The average Bonchev–Trinajstić information content (AvgIpc) is 3.03. The van der Waals surface area contributed by atoms with Crippen LogP contribution in [-0.2, 0) is 6.18 Å². The minimum atomic E-state index is -4.53. The van der Waals surface area contributed by atoms with Crippen LogP contribution in [0.25, 0.3) is 16.8 Å². The number of aromatic hydroxyl groups is 1. The van der Waals surface area contributed by atoms with Gasteiger partial charge in [-0.2, -0.15) is 18.3 Å². The van der Waals surface area contributed by atoms with Crippen molar-refractivity contribution in [1.82, 2.24) is 24.7 Å². The fourth-order valence-electron chi connectivity index (χ4n) is 3.54. The highest BCUT2D eigenvalue weighted by Crippen LogP contribution is 2.38. The van der Waals surface area contributed by atoms with Crippen LogP contribution in [0.3, 0.4) is 0 Å². The smallest absolute Gasteiger partial charge is 0.416 e. The zero-order valence-corrected chi connectivity index (χ0v) is 16.8. The summed E-state index contributed by atoms with van der Waals surface area (Å²) in [6, 6.07) is 4.64. The number of likely N-dealkylation sites (tertiary alicyclic amines) is 1. The largest absolute Gasteiger partial charge is 0.507 e. The minimum Gasteiger partial charge on any atom is -0.507 e.